The zero-order valence-electron chi connectivity index (χ0n) is 12.6. The quantitative estimate of drug-likeness (QED) is 0.886. The molecule has 1 amide bonds. The van der Waals surface area contributed by atoms with Crippen molar-refractivity contribution in [3.8, 4) is 0 Å². The molecule has 2 aromatic rings. The van der Waals surface area contributed by atoms with E-state index in [1.807, 2.05) is 6.07 Å². The van der Waals surface area contributed by atoms with Gasteiger partial charge in [-0.05, 0) is 60.4 Å². The minimum Gasteiger partial charge on any atom is -0.465 e. The normalized spacial score (nSPS) is 15.8. The molecule has 0 aliphatic heterocycles. The lowest BCUT2D eigenvalue weighted by atomic mass is 10.0. The predicted molar refractivity (Wildman–Crippen MR) is 82.7 cm³/mol. The lowest BCUT2D eigenvalue weighted by Crippen LogP contribution is -2.27. The van der Waals surface area contributed by atoms with Crippen molar-refractivity contribution < 1.29 is 18.7 Å². The molecule has 4 nitrogen and oxygen atoms in total. The Kier molecular flexibility index (Phi) is 4.10. The van der Waals surface area contributed by atoms with Gasteiger partial charge in [0, 0.05) is 5.56 Å². The number of hydrogen-bond donors (Lipinski definition) is 1. The number of halogens is 1. The van der Waals surface area contributed by atoms with Gasteiger partial charge in [0.15, 0.2) is 0 Å². The fraction of sp³-hybridized carbons (Fsp3) is 0.222. The van der Waals surface area contributed by atoms with Crippen LogP contribution in [0.5, 0.6) is 0 Å². The van der Waals surface area contributed by atoms with E-state index < -0.39 is 5.97 Å². The summed E-state index contributed by atoms with van der Waals surface area (Å²) in [5.74, 6) is -1.04. The van der Waals surface area contributed by atoms with Crippen molar-refractivity contribution in [2.75, 3.05) is 7.11 Å². The molecule has 0 aromatic heterocycles. The van der Waals surface area contributed by atoms with Gasteiger partial charge in [0.1, 0.15) is 5.82 Å². The van der Waals surface area contributed by atoms with Crippen LogP contribution in [0.4, 0.5) is 4.39 Å². The summed E-state index contributed by atoms with van der Waals surface area (Å²) in [6, 6.07) is 10.6. The number of methoxy groups -OCH3 is 1. The van der Waals surface area contributed by atoms with Gasteiger partial charge in [-0.3, -0.25) is 4.79 Å². The number of nitrogens with one attached hydrogen (secondary N) is 1. The Bertz CT molecular complexity index is 755. The summed E-state index contributed by atoms with van der Waals surface area (Å²) in [7, 11) is 1.34. The number of amides is 1. The second-order valence-corrected chi connectivity index (χ2v) is 5.48. The van der Waals surface area contributed by atoms with Crippen molar-refractivity contribution in [3.05, 3.63) is 70.5 Å². The Labute approximate surface area is 133 Å². The lowest BCUT2D eigenvalue weighted by Gasteiger charge is -2.15. The molecular formula is C18H16FNO3. The standard InChI is InChI=1S/C18H16FNO3/c1-23-18(22)13-3-2-11-6-9-16(15(11)10-13)20-17(21)12-4-7-14(19)8-5-12/h2-5,7-8,10,16H,6,9H2,1H3,(H,20,21)/t16-/m1/s1. The molecule has 118 valence electrons. The molecule has 0 spiro atoms. The predicted octanol–water partition coefficient (Wildman–Crippen LogP) is 3.03. The van der Waals surface area contributed by atoms with Crippen LogP contribution >= 0.6 is 0 Å². The highest BCUT2D eigenvalue weighted by Gasteiger charge is 2.25. The average molecular weight is 313 g/mol. The number of esters is 1. The molecule has 1 N–H and O–H groups in total. The van der Waals surface area contributed by atoms with Crippen molar-refractivity contribution in [2.45, 2.75) is 18.9 Å². The van der Waals surface area contributed by atoms with Crippen LogP contribution in [-0.2, 0) is 11.2 Å². The minimum atomic E-state index is -0.400. The molecule has 1 aliphatic carbocycles. The van der Waals surface area contributed by atoms with Gasteiger partial charge in [-0.15, -0.1) is 0 Å². The van der Waals surface area contributed by atoms with Crippen LogP contribution in [0.2, 0.25) is 0 Å². The van der Waals surface area contributed by atoms with Gasteiger partial charge in [0.05, 0.1) is 18.7 Å². The summed E-state index contributed by atoms with van der Waals surface area (Å²) < 4.78 is 17.7. The number of hydrogen-bond acceptors (Lipinski definition) is 3. The molecule has 5 heteroatoms. The first kappa shape index (κ1) is 15.2. The number of aryl methyl sites for hydroxylation is 1. The Balaban J connectivity index is 1.80. The third kappa shape index (κ3) is 3.08. The minimum absolute atomic E-state index is 0.160. The molecule has 0 fully saturated rings. The summed E-state index contributed by atoms with van der Waals surface area (Å²) in [5, 5.41) is 2.94. The van der Waals surface area contributed by atoms with Crippen molar-refractivity contribution in [2.24, 2.45) is 0 Å². The van der Waals surface area contributed by atoms with Gasteiger partial charge in [-0.25, -0.2) is 9.18 Å². The third-order valence-electron chi connectivity index (χ3n) is 4.06. The summed E-state index contributed by atoms with van der Waals surface area (Å²) in [6.07, 6.45) is 1.61. The monoisotopic (exact) mass is 313 g/mol. The van der Waals surface area contributed by atoms with Crippen LogP contribution in [0, 0.1) is 5.82 Å². The molecule has 1 aliphatic rings. The topological polar surface area (TPSA) is 55.4 Å². The average Bonchev–Trinajstić information content (AvgIpc) is 2.97. The van der Waals surface area contributed by atoms with Crippen LogP contribution < -0.4 is 5.32 Å². The molecule has 1 atom stereocenters. The van der Waals surface area contributed by atoms with Crippen molar-refractivity contribution in [1.82, 2.24) is 5.32 Å². The van der Waals surface area contributed by atoms with Crippen LogP contribution in [-0.4, -0.2) is 19.0 Å². The molecule has 0 unspecified atom stereocenters. The highest BCUT2D eigenvalue weighted by atomic mass is 19.1. The van der Waals surface area contributed by atoms with E-state index in [-0.39, 0.29) is 17.8 Å². The Morgan fingerprint density at radius 1 is 1.13 bits per heavy atom. The summed E-state index contributed by atoms with van der Waals surface area (Å²) in [5.41, 5.74) is 2.92. The molecule has 0 saturated carbocycles. The Hall–Kier alpha value is -2.69. The van der Waals surface area contributed by atoms with Crippen LogP contribution in [0.1, 0.15) is 44.3 Å². The fourth-order valence-electron chi connectivity index (χ4n) is 2.84. The van der Waals surface area contributed by atoms with Crippen LogP contribution in [0.3, 0.4) is 0 Å². The maximum Gasteiger partial charge on any atom is 0.337 e. The van der Waals surface area contributed by atoms with E-state index in [1.165, 1.54) is 31.4 Å². The SMILES string of the molecule is COC(=O)c1ccc2c(c1)[C@H](NC(=O)c1ccc(F)cc1)CC2. The first-order valence-corrected chi connectivity index (χ1v) is 7.36. The first-order valence-electron chi connectivity index (χ1n) is 7.36. The van der Waals surface area contributed by atoms with Gasteiger partial charge >= 0.3 is 5.97 Å². The van der Waals surface area contributed by atoms with Crippen molar-refractivity contribution in [3.63, 3.8) is 0 Å². The second-order valence-electron chi connectivity index (χ2n) is 5.48. The lowest BCUT2D eigenvalue weighted by molar-refractivity contribution is 0.0600. The molecule has 2 aromatic carbocycles. The maximum absolute atomic E-state index is 12.9. The molecule has 0 radical (unpaired) electrons. The molecule has 0 saturated heterocycles. The van der Waals surface area contributed by atoms with Crippen LogP contribution in [0.25, 0.3) is 0 Å². The van der Waals surface area contributed by atoms with Crippen molar-refractivity contribution in [1.29, 1.82) is 0 Å². The summed E-state index contributed by atoms with van der Waals surface area (Å²) in [6.45, 7) is 0. The first-order chi connectivity index (χ1) is 11.1. The smallest absolute Gasteiger partial charge is 0.337 e. The van der Waals surface area contributed by atoms with E-state index in [2.05, 4.69) is 5.32 Å². The number of carbonyl (C=O) groups excluding carboxylic acids is 2. The zero-order chi connectivity index (χ0) is 16.4. The molecular weight excluding hydrogens is 297 g/mol. The molecule has 3 rings (SSSR count). The van der Waals surface area contributed by atoms with E-state index in [0.29, 0.717) is 11.1 Å². The number of benzene rings is 2. The zero-order valence-corrected chi connectivity index (χ0v) is 12.6. The highest BCUT2D eigenvalue weighted by molar-refractivity contribution is 5.94. The van der Waals surface area contributed by atoms with E-state index in [4.69, 9.17) is 4.74 Å². The van der Waals surface area contributed by atoms with E-state index in [1.54, 1.807) is 12.1 Å². The molecule has 0 bridgehead atoms. The Morgan fingerprint density at radius 3 is 2.52 bits per heavy atom. The van der Waals surface area contributed by atoms with Gasteiger partial charge in [0.25, 0.3) is 5.91 Å². The fourth-order valence-corrected chi connectivity index (χ4v) is 2.84. The summed E-state index contributed by atoms with van der Waals surface area (Å²) >= 11 is 0. The molecule has 0 heterocycles. The van der Waals surface area contributed by atoms with Crippen LogP contribution in [0.15, 0.2) is 42.5 Å². The van der Waals surface area contributed by atoms with Gasteiger partial charge in [-0.1, -0.05) is 6.07 Å². The number of carbonyl (C=O) groups is 2. The Morgan fingerprint density at radius 2 is 1.83 bits per heavy atom. The number of ether oxygens (including phenoxy) is 1. The van der Waals surface area contributed by atoms with E-state index in [9.17, 15) is 14.0 Å². The van der Waals surface area contributed by atoms with Gasteiger partial charge in [-0.2, -0.15) is 0 Å². The highest BCUT2D eigenvalue weighted by Crippen LogP contribution is 2.32. The number of fused-ring (bicyclic) bond motifs is 1. The third-order valence-corrected chi connectivity index (χ3v) is 4.06. The van der Waals surface area contributed by atoms with Gasteiger partial charge in [0.2, 0.25) is 0 Å². The van der Waals surface area contributed by atoms with E-state index >= 15 is 0 Å². The maximum atomic E-state index is 12.9. The molecule has 23 heavy (non-hydrogen) atoms. The summed E-state index contributed by atoms with van der Waals surface area (Å²) in [4.78, 5) is 23.9. The second kappa shape index (κ2) is 6.20. The number of rotatable bonds is 3. The van der Waals surface area contributed by atoms with E-state index in [0.717, 1.165) is 24.0 Å². The largest absolute Gasteiger partial charge is 0.465 e. The van der Waals surface area contributed by atoms with Gasteiger partial charge < -0.3 is 10.1 Å². The van der Waals surface area contributed by atoms with Crippen molar-refractivity contribution >= 4 is 11.9 Å².